The monoisotopic (exact) mass is 426 g/mol. The Morgan fingerprint density at radius 3 is 2.63 bits per heavy atom. The SMILES string of the molecule is O=C(/C=C/c1cccc([N+](=O)[O-])c1)NC(=S)Nc1ccc(CN2CCOCC2)cc1. The highest BCUT2D eigenvalue weighted by molar-refractivity contribution is 7.80. The summed E-state index contributed by atoms with van der Waals surface area (Å²) in [5.74, 6) is -0.428. The van der Waals surface area contributed by atoms with Gasteiger partial charge in [-0.25, -0.2) is 0 Å². The van der Waals surface area contributed by atoms with Crippen molar-refractivity contribution < 1.29 is 14.5 Å². The van der Waals surface area contributed by atoms with E-state index in [1.165, 1.54) is 29.8 Å². The van der Waals surface area contributed by atoms with E-state index in [4.69, 9.17) is 17.0 Å². The molecule has 0 aliphatic carbocycles. The number of thiocarbonyl (C=S) groups is 1. The maximum absolute atomic E-state index is 12.0. The van der Waals surface area contributed by atoms with Crippen LogP contribution in [0.3, 0.4) is 0 Å². The lowest BCUT2D eigenvalue weighted by atomic mass is 10.2. The molecule has 2 aromatic rings. The molecule has 1 aliphatic heterocycles. The van der Waals surface area contributed by atoms with E-state index >= 15 is 0 Å². The van der Waals surface area contributed by atoms with E-state index in [0.29, 0.717) is 5.56 Å². The van der Waals surface area contributed by atoms with Gasteiger partial charge < -0.3 is 10.1 Å². The van der Waals surface area contributed by atoms with Crippen LogP contribution in [0.2, 0.25) is 0 Å². The number of carbonyl (C=O) groups is 1. The van der Waals surface area contributed by atoms with E-state index in [1.54, 1.807) is 12.1 Å². The number of carbonyl (C=O) groups excluding carboxylic acids is 1. The van der Waals surface area contributed by atoms with Crippen molar-refractivity contribution in [1.29, 1.82) is 0 Å². The molecule has 0 aromatic heterocycles. The number of anilines is 1. The van der Waals surface area contributed by atoms with E-state index in [9.17, 15) is 14.9 Å². The molecule has 1 saturated heterocycles. The number of morpholine rings is 1. The number of hydrogen-bond acceptors (Lipinski definition) is 6. The molecule has 30 heavy (non-hydrogen) atoms. The molecule has 0 saturated carbocycles. The molecule has 8 nitrogen and oxygen atoms in total. The number of nitro groups is 1. The van der Waals surface area contributed by atoms with Gasteiger partial charge >= 0.3 is 0 Å². The molecule has 2 aromatic carbocycles. The zero-order valence-corrected chi connectivity index (χ0v) is 17.1. The van der Waals surface area contributed by atoms with Gasteiger partial charge in [0.25, 0.3) is 5.69 Å². The van der Waals surface area contributed by atoms with Crippen LogP contribution in [0.15, 0.2) is 54.6 Å². The molecule has 0 spiro atoms. The molecule has 2 N–H and O–H groups in total. The molecule has 3 rings (SSSR count). The summed E-state index contributed by atoms with van der Waals surface area (Å²) in [5.41, 5.74) is 2.48. The highest BCUT2D eigenvalue weighted by atomic mass is 32.1. The summed E-state index contributed by atoms with van der Waals surface area (Å²) in [5, 5.41) is 16.5. The van der Waals surface area contributed by atoms with E-state index in [1.807, 2.05) is 24.3 Å². The van der Waals surface area contributed by atoms with Crippen LogP contribution in [0.25, 0.3) is 6.08 Å². The molecular formula is C21H22N4O4S. The molecule has 0 unspecified atom stereocenters. The molecule has 0 atom stereocenters. The first-order valence-corrected chi connectivity index (χ1v) is 9.84. The van der Waals surface area contributed by atoms with Gasteiger partial charge in [0.05, 0.1) is 18.1 Å². The van der Waals surface area contributed by atoms with Crippen molar-refractivity contribution in [3.63, 3.8) is 0 Å². The van der Waals surface area contributed by atoms with Crippen LogP contribution in [0, 0.1) is 10.1 Å². The van der Waals surface area contributed by atoms with Crippen LogP contribution in [0.1, 0.15) is 11.1 Å². The number of rotatable bonds is 6. The second kappa shape index (κ2) is 10.6. The summed E-state index contributed by atoms with van der Waals surface area (Å²) in [6.07, 6.45) is 2.77. The molecule has 0 radical (unpaired) electrons. The normalized spacial score (nSPS) is 14.4. The smallest absolute Gasteiger partial charge is 0.270 e. The number of nitrogens with zero attached hydrogens (tertiary/aromatic N) is 2. The van der Waals surface area contributed by atoms with E-state index < -0.39 is 10.8 Å². The lowest BCUT2D eigenvalue weighted by molar-refractivity contribution is -0.384. The van der Waals surface area contributed by atoms with Gasteiger partial charge in [-0.1, -0.05) is 24.3 Å². The molecule has 1 aliphatic rings. The number of benzene rings is 2. The van der Waals surface area contributed by atoms with Crippen LogP contribution in [-0.2, 0) is 16.1 Å². The highest BCUT2D eigenvalue weighted by Gasteiger charge is 2.10. The largest absolute Gasteiger partial charge is 0.379 e. The maximum atomic E-state index is 12.0. The van der Waals surface area contributed by atoms with Crippen molar-refractivity contribution >= 4 is 40.7 Å². The Morgan fingerprint density at radius 2 is 1.93 bits per heavy atom. The van der Waals surface area contributed by atoms with Crippen molar-refractivity contribution in [2.45, 2.75) is 6.54 Å². The number of hydrogen-bond donors (Lipinski definition) is 2. The topological polar surface area (TPSA) is 96.7 Å². The van der Waals surface area contributed by atoms with Crippen LogP contribution < -0.4 is 10.6 Å². The predicted octanol–water partition coefficient (Wildman–Crippen LogP) is 2.95. The summed E-state index contributed by atoms with van der Waals surface area (Å²) < 4.78 is 5.36. The minimum Gasteiger partial charge on any atom is -0.379 e. The fourth-order valence-electron chi connectivity index (χ4n) is 2.94. The van der Waals surface area contributed by atoms with Gasteiger partial charge in [0.15, 0.2) is 5.11 Å². The van der Waals surface area contributed by atoms with Crippen molar-refractivity contribution in [1.82, 2.24) is 10.2 Å². The van der Waals surface area contributed by atoms with Crippen LogP contribution in [-0.4, -0.2) is 47.1 Å². The summed E-state index contributed by atoms with van der Waals surface area (Å²) in [7, 11) is 0. The van der Waals surface area contributed by atoms with Gasteiger partial charge in [-0.3, -0.25) is 25.1 Å². The summed E-state index contributed by atoms with van der Waals surface area (Å²) in [4.78, 5) is 24.7. The fraction of sp³-hybridized carbons (Fsp3) is 0.238. The van der Waals surface area contributed by atoms with E-state index in [2.05, 4.69) is 15.5 Å². The van der Waals surface area contributed by atoms with Crippen LogP contribution in [0.4, 0.5) is 11.4 Å². The first-order chi connectivity index (χ1) is 14.5. The lowest BCUT2D eigenvalue weighted by Crippen LogP contribution is -2.35. The van der Waals surface area contributed by atoms with Crippen molar-refractivity contribution in [3.05, 3.63) is 75.8 Å². The van der Waals surface area contributed by atoms with E-state index in [0.717, 1.165) is 38.5 Å². The number of non-ortho nitro benzene ring substituents is 1. The first-order valence-electron chi connectivity index (χ1n) is 9.43. The Bertz CT molecular complexity index is 940. The number of ether oxygens (including phenoxy) is 1. The predicted molar refractivity (Wildman–Crippen MR) is 119 cm³/mol. The fourth-order valence-corrected chi connectivity index (χ4v) is 3.16. The molecule has 0 bridgehead atoms. The first kappa shape index (κ1) is 21.6. The highest BCUT2D eigenvalue weighted by Crippen LogP contribution is 2.14. The van der Waals surface area contributed by atoms with E-state index in [-0.39, 0.29) is 10.8 Å². The van der Waals surface area contributed by atoms with Crippen LogP contribution in [0.5, 0.6) is 0 Å². The average Bonchev–Trinajstić information content (AvgIpc) is 2.74. The molecule has 1 heterocycles. The van der Waals surface area contributed by atoms with Gasteiger partial charge in [-0.2, -0.15) is 0 Å². The van der Waals surface area contributed by atoms with Crippen LogP contribution >= 0.6 is 12.2 Å². The number of amides is 1. The quantitative estimate of drug-likeness (QED) is 0.317. The Hall–Kier alpha value is -3.14. The third-order valence-electron chi connectivity index (χ3n) is 4.47. The maximum Gasteiger partial charge on any atom is 0.270 e. The lowest BCUT2D eigenvalue weighted by Gasteiger charge is -2.26. The second-order valence-electron chi connectivity index (χ2n) is 6.71. The van der Waals surface area contributed by atoms with Gasteiger partial charge in [0.1, 0.15) is 0 Å². The minimum atomic E-state index is -0.483. The molecular weight excluding hydrogens is 404 g/mol. The molecule has 1 amide bonds. The third kappa shape index (κ3) is 6.73. The zero-order valence-electron chi connectivity index (χ0n) is 16.2. The second-order valence-corrected chi connectivity index (χ2v) is 7.12. The molecule has 156 valence electrons. The number of nitro benzene ring substituents is 1. The van der Waals surface area contributed by atoms with Crippen molar-refractivity contribution in [2.75, 3.05) is 31.6 Å². The Morgan fingerprint density at radius 1 is 1.20 bits per heavy atom. The standard InChI is InChI=1S/C21H22N4O4S/c26-20(9-6-16-2-1-3-19(14-16)25(27)28)23-21(30)22-18-7-4-17(5-8-18)15-24-10-12-29-13-11-24/h1-9,14H,10-13,15H2,(H2,22,23,26,30)/b9-6+. The van der Waals surface area contributed by atoms with Gasteiger partial charge in [0, 0.05) is 43.5 Å². The minimum absolute atomic E-state index is 0.0354. The number of nitrogens with one attached hydrogen (secondary N) is 2. The Balaban J connectivity index is 1.48. The van der Waals surface area contributed by atoms with Crippen molar-refractivity contribution in [3.8, 4) is 0 Å². The summed E-state index contributed by atoms with van der Waals surface area (Å²) in [6, 6.07) is 13.9. The Kier molecular flexibility index (Phi) is 7.61. The van der Waals surface area contributed by atoms with Gasteiger partial charge in [-0.15, -0.1) is 0 Å². The van der Waals surface area contributed by atoms with Crippen molar-refractivity contribution in [2.24, 2.45) is 0 Å². The average molecular weight is 426 g/mol. The van der Waals surface area contributed by atoms with Gasteiger partial charge in [-0.05, 0) is 41.6 Å². The summed E-state index contributed by atoms with van der Waals surface area (Å²) in [6.45, 7) is 4.26. The third-order valence-corrected chi connectivity index (χ3v) is 4.67. The molecule has 1 fully saturated rings. The molecule has 9 heteroatoms. The zero-order chi connectivity index (χ0) is 21.3. The summed E-state index contributed by atoms with van der Waals surface area (Å²) >= 11 is 5.17. The Labute approximate surface area is 179 Å². The van der Waals surface area contributed by atoms with Gasteiger partial charge in [0.2, 0.25) is 5.91 Å².